The molecule has 1 saturated heterocycles. The second-order valence-corrected chi connectivity index (χ2v) is 8.83. The molecule has 0 spiro atoms. The molecule has 1 amide bonds. The first kappa shape index (κ1) is 22.7. The van der Waals surface area contributed by atoms with Gasteiger partial charge in [-0.15, -0.1) is 11.3 Å². The van der Waals surface area contributed by atoms with Crippen molar-refractivity contribution in [2.45, 2.75) is 12.6 Å². The lowest BCUT2D eigenvalue weighted by molar-refractivity contribution is -0.144. The van der Waals surface area contributed by atoms with Crippen LogP contribution in [0.5, 0.6) is 0 Å². The minimum absolute atomic E-state index is 0.452. The number of hydrogen-bond donors (Lipinski definition) is 4. The van der Waals surface area contributed by atoms with Crippen LogP contribution in [0.3, 0.4) is 0 Å². The van der Waals surface area contributed by atoms with Crippen molar-refractivity contribution >= 4 is 45.8 Å². The van der Waals surface area contributed by atoms with Crippen molar-refractivity contribution in [3.8, 4) is 0 Å². The van der Waals surface area contributed by atoms with Gasteiger partial charge in [0.1, 0.15) is 6.04 Å². The number of benzene rings is 1. The monoisotopic (exact) mass is 468 g/mol. The van der Waals surface area contributed by atoms with Crippen LogP contribution in [0.2, 0.25) is 0 Å². The van der Waals surface area contributed by atoms with Crippen molar-refractivity contribution < 1.29 is 24.6 Å². The number of carbonyl (C=O) groups excluding carboxylic acids is 1. The van der Waals surface area contributed by atoms with Crippen molar-refractivity contribution in [3.63, 3.8) is 0 Å². The fourth-order valence-electron chi connectivity index (χ4n) is 4.07. The van der Waals surface area contributed by atoms with Crippen molar-refractivity contribution in [3.05, 3.63) is 64.5 Å². The molecule has 172 valence electrons. The summed E-state index contributed by atoms with van der Waals surface area (Å²) in [7, 11) is 0. The Kier molecular flexibility index (Phi) is 6.87. The zero-order valence-electron chi connectivity index (χ0n) is 17.7. The van der Waals surface area contributed by atoms with Gasteiger partial charge < -0.3 is 20.5 Å². The molecule has 9 nitrogen and oxygen atoms in total. The lowest BCUT2D eigenvalue weighted by Crippen LogP contribution is -2.48. The number of nitrogens with zero attached hydrogens (tertiary/aromatic N) is 2. The molecule has 4 N–H and O–H groups in total. The molecule has 0 aliphatic carbocycles. The first-order valence-electron chi connectivity index (χ1n) is 10.5. The maximum absolute atomic E-state index is 12.3. The quantitative estimate of drug-likeness (QED) is 0.375. The average molecular weight is 469 g/mol. The van der Waals surface area contributed by atoms with E-state index in [9.17, 15) is 19.5 Å². The zero-order chi connectivity index (χ0) is 23.4. The molecule has 4 rings (SSSR count). The number of aromatic amines is 1. The summed E-state index contributed by atoms with van der Waals surface area (Å²) in [6.45, 7) is 3.69. The van der Waals surface area contributed by atoms with E-state index in [1.807, 2.05) is 11.0 Å². The lowest BCUT2D eigenvalue weighted by atomic mass is 10.0. The number of H-pyrrole nitrogens is 1. The molecule has 3 aromatic rings. The summed E-state index contributed by atoms with van der Waals surface area (Å²) in [5.74, 6) is -2.72. The predicted molar refractivity (Wildman–Crippen MR) is 125 cm³/mol. The number of nitrogens with one attached hydrogen (secondary N) is 2. The highest BCUT2D eigenvalue weighted by atomic mass is 32.1. The maximum atomic E-state index is 12.3. The van der Waals surface area contributed by atoms with Gasteiger partial charge in [-0.3, -0.25) is 19.4 Å². The summed E-state index contributed by atoms with van der Waals surface area (Å²) in [4.78, 5) is 43.5. The number of hydrogen-bond acceptors (Lipinski definition) is 6. The maximum Gasteiger partial charge on any atom is 0.328 e. The van der Waals surface area contributed by atoms with Crippen LogP contribution in [0.4, 0.5) is 5.69 Å². The molecule has 1 atom stereocenters. The highest BCUT2D eigenvalue weighted by Gasteiger charge is 2.32. The molecule has 1 aliphatic heterocycles. The van der Waals surface area contributed by atoms with E-state index in [0.29, 0.717) is 29.7 Å². The van der Waals surface area contributed by atoms with E-state index in [-0.39, 0.29) is 0 Å². The van der Waals surface area contributed by atoms with E-state index in [1.54, 1.807) is 35.7 Å². The molecule has 1 aliphatic rings. The second-order valence-electron chi connectivity index (χ2n) is 7.80. The molecule has 10 heteroatoms. The standard InChI is InChI=1S/C23H24N4O5S/c28-20(5-6-21(29)30)25-15-3-4-19-17(12-15)18(13-24-19)22(23(31)32)27-9-7-26(8-10-27)14-16-2-1-11-33-16/h1-6,11-13,22,24H,7-10,14H2,(H,25,28)(H,29,30)(H,31,32). The van der Waals surface area contributed by atoms with Crippen LogP contribution < -0.4 is 5.32 Å². The Balaban J connectivity index is 1.51. The van der Waals surface area contributed by atoms with Crippen LogP contribution in [0, 0.1) is 0 Å². The molecular formula is C23H24N4O5S. The number of amides is 1. The molecular weight excluding hydrogens is 444 g/mol. The number of carbonyl (C=O) groups is 3. The van der Waals surface area contributed by atoms with Gasteiger partial charge >= 0.3 is 11.9 Å². The fraction of sp³-hybridized carbons (Fsp3) is 0.261. The van der Waals surface area contributed by atoms with Gasteiger partial charge in [-0.25, -0.2) is 4.79 Å². The third kappa shape index (κ3) is 5.48. The minimum atomic E-state index is -1.21. The fourth-order valence-corrected chi connectivity index (χ4v) is 4.81. The van der Waals surface area contributed by atoms with E-state index in [1.165, 1.54) is 4.88 Å². The van der Waals surface area contributed by atoms with Gasteiger partial charge in [0.25, 0.3) is 0 Å². The van der Waals surface area contributed by atoms with Gasteiger partial charge in [0.15, 0.2) is 0 Å². The second kappa shape index (κ2) is 9.99. The third-order valence-electron chi connectivity index (χ3n) is 5.62. The summed E-state index contributed by atoms with van der Waals surface area (Å²) in [6, 6.07) is 8.46. The van der Waals surface area contributed by atoms with Crippen molar-refractivity contribution in [1.82, 2.24) is 14.8 Å². The smallest absolute Gasteiger partial charge is 0.328 e. The number of carboxylic acids is 2. The molecule has 1 unspecified atom stereocenters. The number of piperazine rings is 1. The first-order chi connectivity index (χ1) is 15.9. The normalized spacial score (nSPS) is 16.2. The summed E-state index contributed by atoms with van der Waals surface area (Å²) in [6.07, 6.45) is 3.39. The number of rotatable bonds is 8. The van der Waals surface area contributed by atoms with Gasteiger partial charge in [0.2, 0.25) is 5.91 Å². The van der Waals surface area contributed by atoms with E-state index in [2.05, 4.69) is 26.6 Å². The number of thiophene rings is 1. The predicted octanol–water partition coefficient (Wildman–Crippen LogP) is 2.75. The Morgan fingerprint density at radius 1 is 1.12 bits per heavy atom. The third-order valence-corrected chi connectivity index (χ3v) is 6.48. The number of aromatic nitrogens is 1. The van der Waals surface area contributed by atoms with Gasteiger partial charge in [-0.05, 0) is 29.6 Å². The Morgan fingerprint density at radius 3 is 2.58 bits per heavy atom. The highest BCUT2D eigenvalue weighted by Crippen LogP contribution is 2.31. The first-order valence-corrected chi connectivity index (χ1v) is 11.3. The van der Waals surface area contributed by atoms with Gasteiger partial charge in [-0.1, -0.05) is 6.07 Å². The number of aliphatic carboxylic acids is 2. The number of fused-ring (bicyclic) bond motifs is 1. The SMILES string of the molecule is O=C(O)C=CC(=O)Nc1ccc2[nH]cc(C(C(=O)O)N3CCN(Cc4cccs4)CC3)c2c1. The van der Waals surface area contributed by atoms with Gasteiger partial charge in [0.05, 0.1) is 0 Å². The van der Waals surface area contributed by atoms with Crippen LogP contribution in [0.25, 0.3) is 10.9 Å². The Labute approximate surface area is 193 Å². The van der Waals surface area contributed by atoms with E-state index in [4.69, 9.17) is 5.11 Å². The highest BCUT2D eigenvalue weighted by molar-refractivity contribution is 7.09. The molecule has 0 bridgehead atoms. The minimum Gasteiger partial charge on any atom is -0.480 e. The van der Waals surface area contributed by atoms with Crippen molar-refractivity contribution in [2.24, 2.45) is 0 Å². The number of carboxylic acid groups (broad SMARTS) is 2. The van der Waals surface area contributed by atoms with E-state index >= 15 is 0 Å². The van der Waals surface area contributed by atoms with Crippen LogP contribution in [-0.2, 0) is 20.9 Å². The van der Waals surface area contributed by atoms with Gasteiger partial charge in [-0.2, -0.15) is 0 Å². The Morgan fingerprint density at radius 2 is 1.91 bits per heavy atom. The average Bonchev–Trinajstić information content (AvgIpc) is 3.44. The zero-order valence-corrected chi connectivity index (χ0v) is 18.5. The molecule has 3 heterocycles. The topological polar surface area (TPSA) is 126 Å². The molecule has 2 aromatic heterocycles. The van der Waals surface area contributed by atoms with Crippen LogP contribution >= 0.6 is 11.3 Å². The summed E-state index contributed by atoms with van der Waals surface area (Å²) < 4.78 is 0. The molecule has 33 heavy (non-hydrogen) atoms. The van der Waals surface area contributed by atoms with Crippen LogP contribution in [0.15, 0.2) is 54.1 Å². The molecule has 1 fully saturated rings. The summed E-state index contributed by atoms with van der Waals surface area (Å²) >= 11 is 1.72. The number of anilines is 1. The molecule has 0 saturated carbocycles. The largest absolute Gasteiger partial charge is 0.480 e. The van der Waals surface area contributed by atoms with Crippen LogP contribution in [0.1, 0.15) is 16.5 Å². The van der Waals surface area contributed by atoms with Crippen LogP contribution in [-0.4, -0.2) is 69.0 Å². The lowest BCUT2D eigenvalue weighted by Gasteiger charge is -2.37. The van der Waals surface area contributed by atoms with Gasteiger partial charge in [0, 0.05) is 78.1 Å². The summed E-state index contributed by atoms with van der Waals surface area (Å²) in [5, 5.41) is 24.1. The molecule has 0 radical (unpaired) electrons. The Hall–Kier alpha value is -3.47. The van der Waals surface area contributed by atoms with Crippen molar-refractivity contribution in [2.75, 3.05) is 31.5 Å². The van der Waals surface area contributed by atoms with Crippen molar-refractivity contribution in [1.29, 1.82) is 0 Å². The molecule has 1 aromatic carbocycles. The van der Waals surface area contributed by atoms with E-state index in [0.717, 1.165) is 37.3 Å². The Bertz CT molecular complexity index is 1180. The summed E-state index contributed by atoms with van der Waals surface area (Å²) in [5.41, 5.74) is 1.83. The van der Waals surface area contributed by atoms with E-state index < -0.39 is 23.9 Å².